The van der Waals surface area contributed by atoms with Crippen molar-refractivity contribution in [2.24, 2.45) is 0 Å². The van der Waals surface area contributed by atoms with Gasteiger partial charge in [0.25, 0.3) is 0 Å². The van der Waals surface area contributed by atoms with E-state index in [0.717, 1.165) is 0 Å². The highest BCUT2D eigenvalue weighted by atomic mass is 16.7. The average molecular weight is 231 g/mol. The number of benzene rings is 1. The topological polar surface area (TPSA) is 68.5 Å². The fraction of sp³-hybridized carbons (Fsp3) is 0. The van der Waals surface area contributed by atoms with Gasteiger partial charge in [0.05, 0.1) is 11.1 Å². The maximum absolute atomic E-state index is 11.7. The summed E-state index contributed by atoms with van der Waals surface area (Å²) in [5.74, 6) is -1.87. The van der Waals surface area contributed by atoms with Crippen molar-refractivity contribution in [2.75, 3.05) is 0 Å². The van der Waals surface area contributed by atoms with Gasteiger partial charge in [0, 0.05) is 12.4 Å². The Balaban J connectivity index is 2.28. The Morgan fingerprint density at radius 2 is 1.59 bits per heavy atom. The van der Waals surface area contributed by atoms with Crippen LogP contribution in [0.5, 0.6) is 0 Å². The van der Waals surface area contributed by atoms with Crippen molar-refractivity contribution in [1.29, 1.82) is 0 Å². The molecule has 2 aromatic rings. The first kappa shape index (κ1) is 10.9. The highest BCUT2D eigenvalue weighted by molar-refractivity contribution is 6.02. The van der Waals surface area contributed by atoms with E-state index in [0.29, 0.717) is 0 Å². The normalized spacial score (nSPS) is 9.88. The Morgan fingerprint density at radius 3 is 2.18 bits per heavy atom. The molecule has 0 aliphatic heterocycles. The van der Waals surface area contributed by atoms with Gasteiger partial charge in [0.2, 0.25) is 0 Å². The molecular formula is C12H9NO4. The molecule has 0 radical (unpaired) electrons. The van der Waals surface area contributed by atoms with Gasteiger partial charge < -0.3 is 9.94 Å². The van der Waals surface area contributed by atoms with Crippen molar-refractivity contribution in [3.63, 3.8) is 0 Å². The predicted octanol–water partition coefficient (Wildman–Crippen LogP) is 1.46. The molecule has 1 N–H and O–H groups in total. The van der Waals surface area contributed by atoms with Gasteiger partial charge in [-0.2, -0.15) is 4.73 Å². The minimum atomic E-state index is -1.16. The molecule has 0 saturated heterocycles. The van der Waals surface area contributed by atoms with Crippen molar-refractivity contribution >= 4 is 11.9 Å². The van der Waals surface area contributed by atoms with Crippen molar-refractivity contribution in [3.05, 3.63) is 59.9 Å². The van der Waals surface area contributed by atoms with Gasteiger partial charge in [0.1, 0.15) is 0 Å². The summed E-state index contributed by atoms with van der Waals surface area (Å²) >= 11 is 0. The SMILES string of the molecule is O=C(O)c1ccccc1C(=O)On1cccc1. The zero-order valence-corrected chi connectivity index (χ0v) is 8.74. The maximum Gasteiger partial charge on any atom is 0.364 e. The summed E-state index contributed by atoms with van der Waals surface area (Å²) < 4.78 is 1.21. The first-order valence-corrected chi connectivity index (χ1v) is 4.86. The summed E-state index contributed by atoms with van der Waals surface area (Å²) in [5.41, 5.74) is -0.0571. The second-order valence-corrected chi connectivity index (χ2v) is 3.27. The molecule has 0 bridgehead atoms. The van der Waals surface area contributed by atoms with Crippen LogP contribution in [-0.2, 0) is 0 Å². The molecule has 86 valence electrons. The number of carboxylic acid groups (broad SMARTS) is 1. The van der Waals surface area contributed by atoms with E-state index < -0.39 is 11.9 Å². The first-order chi connectivity index (χ1) is 8.18. The number of carbonyl (C=O) groups is 2. The maximum atomic E-state index is 11.7. The van der Waals surface area contributed by atoms with E-state index in [2.05, 4.69) is 0 Å². The second-order valence-electron chi connectivity index (χ2n) is 3.27. The van der Waals surface area contributed by atoms with Crippen LogP contribution in [0.15, 0.2) is 48.8 Å². The number of aromatic carboxylic acids is 1. The molecular weight excluding hydrogens is 222 g/mol. The lowest BCUT2D eigenvalue weighted by Gasteiger charge is -2.06. The lowest BCUT2D eigenvalue weighted by Crippen LogP contribution is -2.20. The van der Waals surface area contributed by atoms with Crippen molar-refractivity contribution in [1.82, 2.24) is 4.73 Å². The van der Waals surface area contributed by atoms with Crippen LogP contribution in [0.3, 0.4) is 0 Å². The summed E-state index contributed by atoms with van der Waals surface area (Å²) in [6.07, 6.45) is 3.09. The minimum absolute atomic E-state index is 0.0219. The zero-order valence-electron chi connectivity index (χ0n) is 8.74. The zero-order chi connectivity index (χ0) is 12.3. The van der Waals surface area contributed by atoms with Gasteiger partial charge in [0.15, 0.2) is 0 Å². The van der Waals surface area contributed by atoms with E-state index in [9.17, 15) is 9.59 Å². The van der Waals surface area contributed by atoms with Gasteiger partial charge in [-0.25, -0.2) is 9.59 Å². The predicted molar refractivity (Wildman–Crippen MR) is 58.7 cm³/mol. The molecule has 0 aliphatic rings. The number of hydrogen-bond acceptors (Lipinski definition) is 3. The van der Waals surface area contributed by atoms with Crippen LogP contribution >= 0.6 is 0 Å². The Labute approximate surface area is 96.8 Å². The Morgan fingerprint density at radius 1 is 1.00 bits per heavy atom. The smallest absolute Gasteiger partial charge is 0.364 e. The summed E-state index contributed by atoms with van der Waals surface area (Å²) in [5, 5.41) is 8.93. The minimum Gasteiger partial charge on any atom is -0.478 e. The van der Waals surface area contributed by atoms with Crippen LogP contribution in [0, 0.1) is 0 Å². The summed E-state index contributed by atoms with van der Waals surface area (Å²) in [6.45, 7) is 0. The van der Waals surface area contributed by atoms with Crippen LogP contribution < -0.4 is 4.84 Å². The van der Waals surface area contributed by atoms with E-state index in [1.807, 2.05) is 0 Å². The molecule has 5 nitrogen and oxygen atoms in total. The molecule has 0 unspecified atom stereocenters. The Bertz CT molecular complexity index is 545. The van der Waals surface area contributed by atoms with Gasteiger partial charge in [-0.05, 0) is 24.3 Å². The Hall–Kier alpha value is -2.56. The first-order valence-electron chi connectivity index (χ1n) is 4.86. The molecule has 0 amide bonds. The van der Waals surface area contributed by atoms with Gasteiger partial charge in [-0.15, -0.1) is 0 Å². The van der Waals surface area contributed by atoms with E-state index >= 15 is 0 Å². The molecule has 2 rings (SSSR count). The average Bonchev–Trinajstić information content (AvgIpc) is 2.81. The molecule has 5 heteroatoms. The van der Waals surface area contributed by atoms with E-state index in [1.54, 1.807) is 36.7 Å². The number of carboxylic acids is 1. The molecule has 0 aliphatic carbocycles. The van der Waals surface area contributed by atoms with Gasteiger partial charge in [-0.1, -0.05) is 12.1 Å². The van der Waals surface area contributed by atoms with E-state index in [4.69, 9.17) is 9.94 Å². The third-order valence-corrected chi connectivity index (χ3v) is 2.14. The number of rotatable bonds is 3. The van der Waals surface area contributed by atoms with Crippen molar-refractivity contribution in [2.45, 2.75) is 0 Å². The fourth-order valence-corrected chi connectivity index (χ4v) is 1.37. The summed E-state index contributed by atoms with van der Waals surface area (Å²) in [4.78, 5) is 27.6. The Kier molecular flexibility index (Phi) is 2.91. The van der Waals surface area contributed by atoms with Crippen LogP contribution in [0.25, 0.3) is 0 Å². The molecule has 1 heterocycles. The summed E-state index contributed by atoms with van der Waals surface area (Å²) in [7, 11) is 0. The fourth-order valence-electron chi connectivity index (χ4n) is 1.37. The quantitative estimate of drug-likeness (QED) is 0.868. The lowest BCUT2D eigenvalue weighted by molar-refractivity contribution is 0.0454. The molecule has 0 atom stereocenters. The highest BCUT2D eigenvalue weighted by Gasteiger charge is 2.17. The summed E-state index contributed by atoms with van der Waals surface area (Å²) in [6, 6.07) is 9.28. The monoisotopic (exact) mass is 231 g/mol. The molecule has 0 fully saturated rings. The highest BCUT2D eigenvalue weighted by Crippen LogP contribution is 2.09. The van der Waals surface area contributed by atoms with E-state index in [1.165, 1.54) is 16.9 Å². The third-order valence-electron chi connectivity index (χ3n) is 2.14. The molecule has 0 spiro atoms. The molecule has 1 aromatic heterocycles. The lowest BCUT2D eigenvalue weighted by atomic mass is 10.1. The van der Waals surface area contributed by atoms with Crippen LogP contribution in [0.2, 0.25) is 0 Å². The number of hydrogen-bond donors (Lipinski definition) is 1. The largest absolute Gasteiger partial charge is 0.478 e. The van der Waals surface area contributed by atoms with E-state index in [-0.39, 0.29) is 11.1 Å². The molecule has 0 saturated carbocycles. The van der Waals surface area contributed by atoms with Crippen LogP contribution in [-0.4, -0.2) is 21.8 Å². The van der Waals surface area contributed by atoms with Gasteiger partial charge >= 0.3 is 11.9 Å². The third kappa shape index (κ3) is 2.34. The standard InChI is InChI=1S/C12H9NO4/c14-11(15)9-5-1-2-6-10(9)12(16)17-13-7-3-4-8-13/h1-8H,(H,14,15). The molecule has 17 heavy (non-hydrogen) atoms. The number of carbonyl (C=O) groups excluding carboxylic acids is 1. The van der Waals surface area contributed by atoms with Crippen LogP contribution in [0.4, 0.5) is 0 Å². The van der Waals surface area contributed by atoms with Crippen molar-refractivity contribution < 1.29 is 19.5 Å². The number of nitrogens with zero attached hydrogens (tertiary/aromatic N) is 1. The second kappa shape index (κ2) is 4.52. The van der Waals surface area contributed by atoms with Crippen molar-refractivity contribution in [3.8, 4) is 0 Å². The molecule has 1 aromatic carbocycles. The number of aromatic nitrogens is 1. The van der Waals surface area contributed by atoms with Crippen LogP contribution in [0.1, 0.15) is 20.7 Å². The van der Waals surface area contributed by atoms with Gasteiger partial charge in [-0.3, -0.25) is 0 Å².